The molecule has 0 aromatic heterocycles. The third kappa shape index (κ3) is 2.13. The summed E-state index contributed by atoms with van der Waals surface area (Å²) in [6.45, 7) is 3.44. The quantitative estimate of drug-likeness (QED) is 0.818. The summed E-state index contributed by atoms with van der Waals surface area (Å²) in [7, 11) is 0. The van der Waals surface area contributed by atoms with E-state index in [1.165, 1.54) is 12.1 Å². The lowest BCUT2D eigenvalue weighted by Gasteiger charge is -2.29. The first-order chi connectivity index (χ1) is 10.4. The van der Waals surface area contributed by atoms with Crippen molar-refractivity contribution in [2.24, 2.45) is 5.41 Å². The molecule has 2 saturated heterocycles. The molecule has 5 heteroatoms. The Hall–Kier alpha value is -1.52. The molecule has 2 aliphatic heterocycles. The molecule has 0 saturated carbocycles. The lowest BCUT2D eigenvalue weighted by atomic mass is 9.81. The van der Waals surface area contributed by atoms with E-state index in [0.29, 0.717) is 12.8 Å². The number of fused-ring (bicyclic) bond motifs is 1. The summed E-state index contributed by atoms with van der Waals surface area (Å²) in [5.41, 5.74) is -0.0543. The molecule has 120 valence electrons. The normalized spacial score (nSPS) is 31.2. The zero-order valence-corrected chi connectivity index (χ0v) is 12.8. The first kappa shape index (κ1) is 15.4. The van der Waals surface area contributed by atoms with E-state index in [-0.39, 0.29) is 30.7 Å². The fourth-order valence-corrected chi connectivity index (χ4v) is 4.07. The van der Waals surface area contributed by atoms with E-state index in [4.69, 9.17) is 0 Å². The van der Waals surface area contributed by atoms with Gasteiger partial charge in [0.05, 0.1) is 6.04 Å². The standard InChI is InChI=1S/C17H20F3NO/c1-3-17(15(19)20)9-13-4-5-14(21(13)16(17)22)11-6-10(2)7-12(18)8-11/h6-8,13-15H,3-5,9H2,1-2H3/t13-,14+,17-/m0/s1. The second-order valence-electron chi connectivity index (χ2n) is 6.54. The lowest BCUT2D eigenvalue weighted by Crippen LogP contribution is -2.40. The van der Waals surface area contributed by atoms with Gasteiger partial charge in [-0.3, -0.25) is 4.79 Å². The van der Waals surface area contributed by atoms with Crippen LogP contribution in [0.15, 0.2) is 18.2 Å². The van der Waals surface area contributed by atoms with Crippen molar-refractivity contribution in [2.75, 3.05) is 0 Å². The molecule has 2 nitrogen and oxygen atoms in total. The van der Waals surface area contributed by atoms with E-state index in [0.717, 1.165) is 11.1 Å². The molecule has 0 radical (unpaired) electrons. The number of hydrogen-bond donors (Lipinski definition) is 0. The van der Waals surface area contributed by atoms with Crippen molar-refractivity contribution in [1.82, 2.24) is 4.90 Å². The van der Waals surface area contributed by atoms with Gasteiger partial charge in [0.25, 0.3) is 6.43 Å². The highest BCUT2D eigenvalue weighted by atomic mass is 19.3. The van der Waals surface area contributed by atoms with Gasteiger partial charge in [0.1, 0.15) is 11.2 Å². The van der Waals surface area contributed by atoms with Crippen LogP contribution < -0.4 is 0 Å². The highest BCUT2D eigenvalue weighted by Crippen LogP contribution is 2.52. The van der Waals surface area contributed by atoms with Crippen LogP contribution >= 0.6 is 0 Å². The molecular formula is C17H20F3NO. The zero-order chi connectivity index (χ0) is 16.1. The number of amides is 1. The Labute approximate surface area is 128 Å². The van der Waals surface area contributed by atoms with E-state index >= 15 is 0 Å². The summed E-state index contributed by atoms with van der Waals surface area (Å²) in [6, 6.07) is 4.27. The van der Waals surface area contributed by atoms with Gasteiger partial charge in [-0.2, -0.15) is 0 Å². The number of halogens is 3. The molecule has 1 aromatic rings. The Morgan fingerprint density at radius 2 is 2.05 bits per heavy atom. The van der Waals surface area contributed by atoms with Crippen LogP contribution in [-0.4, -0.2) is 23.3 Å². The highest BCUT2D eigenvalue weighted by molar-refractivity contribution is 5.86. The maximum absolute atomic E-state index is 13.6. The number of hydrogen-bond acceptors (Lipinski definition) is 1. The zero-order valence-electron chi connectivity index (χ0n) is 12.8. The Balaban J connectivity index is 1.96. The largest absolute Gasteiger partial charge is 0.332 e. The number of carbonyl (C=O) groups excluding carboxylic acids is 1. The first-order valence-corrected chi connectivity index (χ1v) is 7.77. The molecule has 2 fully saturated rings. The molecule has 22 heavy (non-hydrogen) atoms. The third-order valence-electron chi connectivity index (χ3n) is 5.26. The maximum atomic E-state index is 13.6. The molecule has 2 heterocycles. The van der Waals surface area contributed by atoms with Gasteiger partial charge in [-0.05, 0) is 55.9 Å². The van der Waals surface area contributed by atoms with Crippen molar-refractivity contribution in [1.29, 1.82) is 0 Å². The highest BCUT2D eigenvalue weighted by Gasteiger charge is 2.59. The summed E-state index contributed by atoms with van der Waals surface area (Å²) in [5, 5.41) is 0. The monoisotopic (exact) mass is 311 g/mol. The predicted octanol–water partition coefficient (Wildman–Crippen LogP) is 4.23. The smallest absolute Gasteiger partial charge is 0.252 e. The molecule has 0 N–H and O–H groups in total. The molecule has 3 rings (SSSR count). The summed E-state index contributed by atoms with van der Waals surface area (Å²) in [5.74, 6) is -0.805. The maximum Gasteiger partial charge on any atom is 0.252 e. The molecule has 3 atom stereocenters. The number of alkyl halides is 2. The van der Waals surface area contributed by atoms with E-state index in [9.17, 15) is 18.0 Å². The fourth-order valence-electron chi connectivity index (χ4n) is 4.07. The first-order valence-electron chi connectivity index (χ1n) is 7.77. The Morgan fingerprint density at radius 3 is 2.64 bits per heavy atom. The van der Waals surface area contributed by atoms with E-state index in [2.05, 4.69) is 0 Å². The third-order valence-corrected chi connectivity index (χ3v) is 5.26. The average molecular weight is 311 g/mol. The van der Waals surface area contributed by atoms with Gasteiger partial charge in [0.15, 0.2) is 0 Å². The van der Waals surface area contributed by atoms with Crippen molar-refractivity contribution in [3.63, 3.8) is 0 Å². The minimum absolute atomic E-state index is 0.143. The van der Waals surface area contributed by atoms with Crippen LogP contribution in [0.3, 0.4) is 0 Å². The van der Waals surface area contributed by atoms with Gasteiger partial charge in [-0.15, -0.1) is 0 Å². The number of rotatable bonds is 3. The second-order valence-corrected chi connectivity index (χ2v) is 6.54. The van der Waals surface area contributed by atoms with Crippen molar-refractivity contribution < 1.29 is 18.0 Å². The predicted molar refractivity (Wildman–Crippen MR) is 77.1 cm³/mol. The van der Waals surface area contributed by atoms with Crippen molar-refractivity contribution in [2.45, 2.75) is 58.0 Å². The van der Waals surface area contributed by atoms with Crippen molar-refractivity contribution in [3.05, 3.63) is 35.1 Å². The van der Waals surface area contributed by atoms with Crippen LogP contribution in [0.4, 0.5) is 13.2 Å². The fraction of sp³-hybridized carbons (Fsp3) is 0.588. The van der Waals surface area contributed by atoms with E-state index < -0.39 is 17.7 Å². The van der Waals surface area contributed by atoms with Gasteiger partial charge in [-0.1, -0.05) is 13.0 Å². The van der Waals surface area contributed by atoms with Gasteiger partial charge in [-0.25, -0.2) is 13.2 Å². The number of nitrogens with zero attached hydrogens (tertiary/aromatic N) is 1. The topological polar surface area (TPSA) is 20.3 Å². The van der Waals surface area contributed by atoms with Crippen LogP contribution in [0, 0.1) is 18.2 Å². The Morgan fingerprint density at radius 1 is 1.32 bits per heavy atom. The average Bonchev–Trinajstić information content (AvgIpc) is 2.96. The van der Waals surface area contributed by atoms with Gasteiger partial charge in [0, 0.05) is 6.04 Å². The van der Waals surface area contributed by atoms with Crippen LogP contribution in [0.5, 0.6) is 0 Å². The Bertz CT molecular complexity index is 583. The Kier molecular flexibility index (Phi) is 3.69. The SMILES string of the molecule is CC[C@@]1(C(F)F)C[C@@H]2CC[C@H](c3cc(C)cc(F)c3)N2C1=O. The summed E-state index contributed by atoms with van der Waals surface area (Å²) < 4.78 is 40.7. The molecule has 2 aliphatic rings. The summed E-state index contributed by atoms with van der Waals surface area (Å²) >= 11 is 0. The van der Waals surface area contributed by atoms with E-state index in [1.807, 2.05) is 6.07 Å². The lowest BCUT2D eigenvalue weighted by molar-refractivity contribution is -0.146. The van der Waals surface area contributed by atoms with Gasteiger partial charge >= 0.3 is 0 Å². The van der Waals surface area contributed by atoms with Crippen molar-refractivity contribution >= 4 is 5.91 Å². The summed E-state index contributed by atoms with van der Waals surface area (Å²) in [4.78, 5) is 14.3. The molecule has 0 unspecified atom stereocenters. The number of carbonyl (C=O) groups is 1. The minimum Gasteiger partial charge on any atom is -0.332 e. The molecule has 1 aromatic carbocycles. The molecule has 0 aliphatic carbocycles. The van der Waals surface area contributed by atoms with Gasteiger partial charge in [0.2, 0.25) is 5.91 Å². The van der Waals surface area contributed by atoms with Crippen molar-refractivity contribution in [3.8, 4) is 0 Å². The van der Waals surface area contributed by atoms with Crippen LogP contribution in [0.2, 0.25) is 0 Å². The summed E-state index contributed by atoms with van der Waals surface area (Å²) in [6.07, 6.45) is -0.871. The van der Waals surface area contributed by atoms with Gasteiger partial charge < -0.3 is 4.90 Å². The minimum atomic E-state index is -2.65. The second kappa shape index (κ2) is 5.28. The number of benzene rings is 1. The van der Waals surface area contributed by atoms with Crippen LogP contribution in [0.25, 0.3) is 0 Å². The van der Waals surface area contributed by atoms with Crippen LogP contribution in [0.1, 0.15) is 49.8 Å². The number of aryl methyl sites for hydroxylation is 1. The molecular weight excluding hydrogens is 291 g/mol. The molecule has 1 amide bonds. The van der Waals surface area contributed by atoms with E-state index in [1.54, 1.807) is 18.7 Å². The molecule has 0 spiro atoms. The van der Waals surface area contributed by atoms with Crippen LogP contribution in [-0.2, 0) is 4.79 Å². The molecule has 0 bridgehead atoms.